The van der Waals surface area contributed by atoms with Crippen molar-refractivity contribution in [2.75, 3.05) is 25.0 Å². The van der Waals surface area contributed by atoms with Gasteiger partial charge < -0.3 is 14.9 Å². The van der Waals surface area contributed by atoms with E-state index in [1.807, 2.05) is 22.5 Å². The molecule has 1 aromatic carbocycles. The molecule has 1 amide bonds. The molecule has 0 saturated carbocycles. The highest BCUT2D eigenvalue weighted by Gasteiger charge is 2.38. The van der Waals surface area contributed by atoms with E-state index < -0.39 is 18.0 Å². The fraction of sp³-hybridized carbons (Fsp3) is 0.433. The minimum atomic E-state index is -5.08. The van der Waals surface area contributed by atoms with E-state index in [1.165, 1.54) is 12.1 Å². The Balaban J connectivity index is 0.000000676. The molecule has 0 aliphatic carbocycles. The van der Waals surface area contributed by atoms with Crippen LogP contribution in [-0.2, 0) is 16.1 Å². The number of hydrogen-bond acceptors (Lipinski definition) is 6. The van der Waals surface area contributed by atoms with Gasteiger partial charge in [0.2, 0.25) is 11.5 Å². The predicted molar refractivity (Wildman–Crippen MR) is 161 cm³/mol. The van der Waals surface area contributed by atoms with E-state index in [1.54, 1.807) is 25.2 Å². The molecule has 2 aromatic heterocycles. The third kappa shape index (κ3) is 7.74. The molecule has 1 aliphatic rings. The van der Waals surface area contributed by atoms with Crippen molar-refractivity contribution < 1.29 is 32.3 Å². The molecule has 0 unspecified atom stereocenters. The number of hydrogen-bond donors (Lipinski definition) is 1. The summed E-state index contributed by atoms with van der Waals surface area (Å²) >= 11 is 6.76. The van der Waals surface area contributed by atoms with Crippen LogP contribution in [0, 0.1) is 11.2 Å². The highest BCUT2D eigenvalue weighted by Crippen LogP contribution is 2.35. The molecule has 3 aromatic rings. The number of benzene rings is 1. The standard InChI is InChI=1S/C28H34ClFN6O.C2HF3O2/c1-8-23(37)34-14-18(3)35(15-17(34)2)26-20-13-21(29)24(19-11-9-10-12-22(19)30)32-25(20)36(16-28(4,5)6)27(31-7)33-26;3-2(4,5)1(6)7/h8-13,17-18H,1,14-16H2,2-7H3;(H,6,7)/b31-27+;/t17-,18+;/m1./s1. The summed E-state index contributed by atoms with van der Waals surface area (Å²) in [5, 5.41) is 8.22. The van der Waals surface area contributed by atoms with Crippen molar-refractivity contribution in [3.05, 3.63) is 59.4 Å². The predicted octanol–water partition coefficient (Wildman–Crippen LogP) is 5.71. The highest BCUT2D eigenvalue weighted by molar-refractivity contribution is 6.33. The second kappa shape index (κ2) is 13.3. The molecule has 0 bridgehead atoms. The van der Waals surface area contributed by atoms with Crippen molar-refractivity contribution in [2.24, 2.45) is 10.4 Å². The average Bonchev–Trinajstić information content (AvgIpc) is 2.93. The fourth-order valence-corrected chi connectivity index (χ4v) is 5.11. The van der Waals surface area contributed by atoms with Crippen molar-refractivity contribution in [1.82, 2.24) is 19.4 Å². The smallest absolute Gasteiger partial charge is 0.475 e. The Morgan fingerprint density at radius 3 is 2.27 bits per heavy atom. The number of pyridine rings is 1. The number of nitrogens with zero attached hydrogens (tertiary/aromatic N) is 6. The Morgan fingerprint density at radius 1 is 1.14 bits per heavy atom. The molecule has 1 N–H and O–H groups in total. The lowest BCUT2D eigenvalue weighted by Crippen LogP contribution is -2.58. The first-order chi connectivity index (χ1) is 20.4. The number of halogens is 5. The molecule has 44 heavy (non-hydrogen) atoms. The van der Waals surface area contributed by atoms with E-state index in [4.69, 9.17) is 31.5 Å². The van der Waals surface area contributed by atoms with Crippen LogP contribution in [0.5, 0.6) is 0 Å². The number of carboxylic acid groups (broad SMARTS) is 1. The van der Waals surface area contributed by atoms with Gasteiger partial charge in [-0.25, -0.2) is 14.2 Å². The molecular formula is C30H35ClF4N6O3. The molecule has 1 aliphatic heterocycles. The summed E-state index contributed by atoms with van der Waals surface area (Å²) in [4.78, 5) is 39.7. The quantitative estimate of drug-likeness (QED) is 0.290. The van der Waals surface area contributed by atoms with Gasteiger partial charge in [-0.1, -0.05) is 51.1 Å². The van der Waals surface area contributed by atoms with Crippen LogP contribution in [0.25, 0.3) is 22.3 Å². The van der Waals surface area contributed by atoms with Crippen LogP contribution in [0.15, 0.2) is 48.0 Å². The number of carboxylic acids is 1. The number of aliphatic carboxylic acids is 1. The Morgan fingerprint density at radius 2 is 1.75 bits per heavy atom. The molecule has 9 nitrogen and oxygen atoms in total. The minimum absolute atomic E-state index is 0.0241. The van der Waals surface area contributed by atoms with Crippen LogP contribution in [0.1, 0.15) is 34.6 Å². The van der Waals surface area contributed by atoms with Crippen LogP contribution in [-0.4, -0.2) is 74.8 Å². The van der Waals surface area contributed by atoms with Crippen molar-refractivity contribution in [3.8, 4) is 11.3 Å². The van der Waals surface area contributed by atoms with Crippen LogP contribution in [0.3, 0.4) is 0 Å². The van der Waals surface area contributed by atoms with E-state index in [9.17, 15) is 22.4 Å². The number of amides is 1. The third-order valence-electron chi connectivity index (χ3n) is 6.82. The van der Waals surface area contributed by atoms with Gasteiger partial charge in [0.1, 0.15) is 17.3 Å². The second-order valence-electron chi connectivity index (χ2n) is 11.6. The number of carbonyl (C=O) groups is 2. The summed E-state index contributed by atoms with van der Waals surface area (Å²) in [6.07, 6.45) is -3.73. The lowest BCUT2D eigenvalue weighted by Gasteiger charge is -2.44. The van der Waals surface area contributed by atoms with Crippen LogP contribution in [0.2, 0.25) is 5.02 Å². The van der Waals surface area contributed by atoms with Crippen LogP contribution < -0.4 is 10.5 Å². The molecule has 14 heteroatoms. The maximum atomic E-state index is 14.8. The number of fused-ring (bicyclic) bond motifs is 1. The van der Waals surface area contributed by atoms with Crippen molar-refractivity contribution in [2.45, 2.75) is 59.4 Å². The van der Waals surface area contributed by atoms with Gasteiger partial charge in [0.15, 0.2) is 0 Å². The molecule has 3 heterocycles. The van der Waals surface area contributed by atoms with E-state index in [-0.39, 0.29) is 23.4 Å². The monoisotopic (exact) mass is 638 g/mol. The summed E-state index contributed by atoms with van der Waals surface area (Å²) in [5.74, 6) is -2.54. The highest BCUT2D eigenvalue weighted by atomic mass is 35.5. The molecule has 0 spiro atoms. The van der Waals surface area contributed by atoms with E-state index in [2.05, 4.69) is 44.2 Å². The molecule has 4 rings (SSSR count). The minimum Gasteiger partial charge on any atom is -0.475 e. The molecule has 0 radical (unpaired) electrons. The first-order valence-electron chi connectivity index (χ1n) is 13.7. The summed E-state index contributed by atoms with van der Waals surface area (Å²) in [6, 6.07) is 8.23. The molecular weight excluding hydrogens is 604 g/mol. The van der Waals surface area contributed by atoms with Gasteiger partial charge in [0.25, 0.3) is 0 Å². The number of piperazine rings is 1. The van der Waals surface area contributed by atoms with Crippen molar-refractivity contribution >= 4 is 40.3 Å². The summed E-state index contributed by atoms with van der Waals surface area (Å²) in [6.45, 7) is 15.8. The largest absolute Gasteiger partial charge is 0.490 e. The van der Waals surface area contributed by atoms with E-state index >= 15 is 0 Å². The first kappa shape index (κ1) is 34.5. The lowest BCUT2D eigenvalue weighted by atomic mass is 9.97. The van der Waals surface area contributed by atoms with Gasteiger partial charge in [-0.15, -0.1) is 0 Å². The van der Waals surface area contributed by atoms with Gasteiger partial charge in [0.05, 0.1) is 16.1 Å². The van der Waals surface area contributed by atoms with Crippen LogP contribution in [0.4, 0.5) is 23.4 Å². The maximum absolute atomic E-state index is 14.8. The lowest BCUT2D eigenvalue weighted by molar-refractivity contribution is -0.192. The van der Waals surface area contributed by atoms with Gasteiger partial charge >= 0.3 is 12.1 Å². The van der Waals surface area contributed by atoms with Gasteiger partial charge in [-0.3, -0.25) is 14.4 Å². The number of aromatic nitrogens is 3. The number of anilines is 1. The van der Waals surface area contributed by atoms with Gasteiger partial charge in [0, 0.05) is 44.3 Å². The first-order valence-corrected chi connectivity index (χ1v) is 14.1. The van der Waals surface area contributed by atoms with Crippen molar-refractivity contribution in [1.29, 1.82) is 0 Å². The van der Waals surface area contributed by atoms with E-state index in [0.29, 0.717) is 53.0 Å². The maximum Gasteiger partial charge on any atom is 0.490 e. The fourth-order valence-electron chi connectivity index (χ4n) is 4.86. The van der Waals surface area contributed by atoms with Crippen LogP contribution >= 0.6 is 11.6 Å². The van der Waals surface area contributed by atoms with Gasteiger partial charge in [-0.05, 0) is 43.5 Å². The zero-order chi connectivity index (χ0) is 33.1. The average molecular weight is 639 g/mol. The summed E-state index contributed by atoms with van der Waals surface area (Å²) in [5.41, 5.74) is 1.77. The van der Waals surface area contributed by atoms with Gasteiger partial charge in [-0.2, -0.15) is 18.2 Å². The normalized spacial score (nSPS) is 17.8. The Kier molecular flexibility index (Phi) is 10.4. The molecule has 1 fully saturated rings. The third-order valence-corrected chi connectivity index (χ3v) is 7.11. The zero-order valence-electron chi connectivity index (χ0n) is 25.3. The Hall–Kier alpha value is -4.00. The molecule has 238 valence electrons. The Bertz CT molecular complexity index is 1630. The number of carbonyl (C=O) groups excluding carboxylic acids is 1. The number of rotatable bonds is 4. The summed E-state index contributed by atoms with van der Waals surface area (Å²) < 4.78 is 48.5. The zero-order valence-corrected chi connectivity index (χ0v) is 26.0. The Labute approximate surface area is 257 Å². The SMILES string of the molecule is C=CC(=O)N1C[C@H](C)N(c2n/c(=N\C)n(CC(C)(C)C)c3nc(-c4ccccc4F)c(Cl)cc23)C[C@H]1C.O=C(O)C(F)(F)F. The summed E-state index contributed by atoms with van der Waals surface area (Å²) in [7, 11) is 1.71. The van der Waals surface area contributed by atoms with Crippen molar-refractivity contribution in [3.63, 3.8) is 0 Å². The van der Waals surface area contributed by atoms with E-state index in [0.717, 1.165) is 5.39 Å². The molecule has 2 atom stereocenters. The second-order valence-corrected chi connectivity index (χ2v) is 12.0. The topological polar surface area (TPSA) is 104 Å². The number of alkyl halides is 3. The molecule has 1 saturated heterocycles.